The van der Waals surface area contributed by atoms with Gasteiger partial charge in [0.15, 0.2) is 0 Å². The van der Waals surface area contributed by atoms with E-state index in [-0.39, 0.29) is 12.4 Å². The summed E-state index contributed by atoms with van der Waals surface area (Å²) >= 11 is 0. The Morgan fingerprint density at radius 1 is 0.893 bits per heavy atom. The van der Waals surface area contributed by atoms with Gasteiger partial charge < -0.3 is 5.11 Å². The van der Waals surface area contributed by atoms with Gasteiger partial charge in [0.25, 0.3) is 0 Å². The minimum Gasteiger partial charge on any atom is -0.396 e. The molecule has 0 spiro atoms. The third-order valence-electron chi connectivity index (χ3n) is 7.50. The summed E-state index contributed by atoms with van der Waals surface area (Å²) < 4.78 is 14.2. The van der Waals surface area contributed by atoms with Crippen molar-refractivity contribution in [2.45, 2.75) is 89.4 Å². The molecular weight excluding hydrogens is 347 g/mol. The van der Waals surface area contributed by atoms with E-state index in [4.69, 9.17) is 5.11 Å². The largest absolute Gasteiger partial charge is 0.396 e. The lowest BCUT2D eigenvalue weighted by Gasteiger charge is -2.32. The molecule has 0 aliphatic heterocycles. The Morgan fingerprint density at radius 2 is 1.46 bits per heavy atom. The van der Waals surface area contributed by atoms with Crippen molar-refractivity contribution < 1.29 is 9.50 Å². The Bertz CT molecular complexity index is 594. The molecule has 2 aliphatic carbocycles. The molecule has 0 heterocycles. The number of hydrogen-bond donors (Lipinski definition) is 1. The van der Waals surface area contributed by atoms with Crippen LogP contribution in [0.15, 0.2) is 30.9 Å². The normalized spacial score (nSPS) is 28.2. The smallest absolute Gasteiger partial charge is 0.126 e. The van der Waals surface area contributed by atoms with Crippen molar-refractivity contribution in [3.8, 4) is 0 Å². The Morgan fingerprint density at radius 3 is 2.00 bits per heavy atom. The van der Waals surface area contributed by atoms with Gasteiger partial charge in [-0.3, -0.25) is 0 Å². The predicted octanol–water partition coefficient (Wildman–Crippen LogP) is 7.19. The predicted molar refractivity (Wildman–Crippen MR) is 116 cm³/mol. The molecule has 2 fully saturated rings. The van der Waals surface area contributed by atoms with E-state index in [1.807, 2.05) is 6.07 Å². The van der Waals surface area contributed by atoms with E-state index in [0.29, 0.717) is 17.9 Å². The molecule has 28 heavy (non-hydrogen) atoms. The van der Waals surface area contributed by atoms with Gasteiger partial charge in [0, 0.05) is 6.61 Å². The third kappa shape index (κ3) is 6.17. The fourth-order valence-electron chi connectivity index (χ4n) is 5.56. The lowest BCUT2D eigenvalue weighted by molar-refractivity contribution is 0.225. The second kappa shape index (κ2) is 11.1. The van der Waals surface area contributed by atoms with E-state index in [1.165, 1.54) is 77.0 Å². The van der Waals surface area contributed by atoms with Gasteiger partial charge in [-0.05, 0) is 85.8 Å². The summed E-state index contributed by atoms with van der Waals surface area (Å²) in [5.74, 6) is 3.18. The second-order valence-electron chi connectivity index (χ2n) is 9.37. The van der Waals surface area contributed by atoms with Gasteiger partial charge in [0.05, 0.1) is 0 Å². The number of aliphatic hydroxyl groups excluding tert-OH is 1. The zero-order chi connectivity index (χ0) is 19.8. The third-order valence-corrected chi connectivity index (χ3v) is 7.50. The van der Waals surface area contributed by atoms with Crippen molar-refractivity contribution in [3.63, 3.8) is 0 Å². The quantitative estimate of drug-likeness (QED) is 0.445. The molecule has 156 valence electrons. The summed E-state index contributed by atoms with van der Waals surface area (Å²) in [6.45, 7) is 3.87. The van der Waals surface area contributed by atoms with Crippen LogP contribution >= 0.6 is 0 Å². The van der Waals surface area contributed by atoms with E-state index in [0.717, 1.165) is 23.3 Å². The van der Waals surface area contributed by atoms with Gasteiger partial charge in [-0.1, -0.05) is 56.7 Å². The topological polar surface area (TPSA) is 20.2 Å². The van der Waals surface area contributed by atoms with Gasteiger partial charge in [-0.15, -0.1) is 6.58 Å². The van der Waals surface area contributed by atoms with Crippen LogP contribution in [-0.4, -0.2) is 11.7 Å². The average molecular weight is 387 g/mol. The van der Waals surface area contributed by atoms with E-state index >= 15 is 0 Å². The first-order valence-corrected chi connectivity index (χ1v) is 11.7. The number of hydrogen-bond acceptors (Lipinski definition) is 1. The molecule has 0 radical (unpaired) electrons. The molecule has 2 heteroatoms. The zero-order valence-electron chi connectivity index (χ0n) is 17.6. The van der Waals surface area contributed by atoms with Crippen LogP contribution in [0.25, 0.3) is 0 Å². The van der Waals surface area contributed by atoms with Crippen LogP contribution in [0.5, 0.6) is 0 Å². The summed E-state index contributed by atoms with van der Waals surface area (Å²) in [4.78, 5) is 0. The van der Waals surface area contributed by atoms with Crippen LogP contribution in [0.3, 0.4) is 0 Å². The average Bonchev–Trinajstić information content (AvgIpc) is 2.73. The van der Waals surface area contributed by atoms with Crippen molar-refractivity contribution in [2.24, 2.45) is 17.8 Å². The number of benzene rings is 1. The van der Waals surface area contributed by atoms with Crippen LogP contribution in [0.4, 0.5) is 4.39 Å². The lowest BCUT2D eigenvalue weighted by Crippen LogP contribution is -2.18. The molecule has 3 rings (SSSR count). The fourth-order valence-corrected chi connectivity index (χ4v) is 5.56. The van der Waals surface area contributed by atoms with Crippen molar-refractivity contribution in [1.82, 2.24) is 0 Å². The van der Waals surface area contributed by atoms with Crippen molar-refractivity contribution in [3.05, 3.63) is 47.8 Å². The molecule has 2 saturated carbocycles. The SMILES string of the molecule is C=CCCC1CCC(CCC2CCC(c3ccc(CCO)c(F)c3)CC2)CC1. The Kier molecular flexibility index (Phi) is 8.58. The van der Waals surface area contributed by atoms with Gasteiger partial charge in [-0.25, -0.2) is 4.39 Å². The van der Waals surface area contributed by atoms with E-state index < -0.39 is 0 Å². The number of rotatable bonds is 9. The van der Waals surface area contributed by atoms with Gasteiger partial charge in [0.1, 0.15) is 5.82 Å². The lowest BCUT2D eigenvalue weighted by atomic mass is 9.74. The van der Waals surface area contributed by atoms with Crippen LogP contribution < -0.4 is 0 Å². The summed E-state index contributed by atoms with van der Waals surface area (Å²) in [5.41, 5.74) is 1.80. The van der Waals surface area contributed by atoms with Crippen LogP contribution in [0.1, 0.15) is 94.1 Å². The minimum absolute atomic E-state index is 0.0118. The molecule has 0 amide bonds. The fraction of sp³-hybridized carbons (Fsp3) is 0.692. The van der Waals surface area contributed by atoms with Gasteiger partial charge in [-0.2, -0.15) is 0 Å². The summed E-state index contributed by atoms with van der Waals surface area (Å²) in [6, 6.07) is 5.68. The van der Waals surface area contributed by atoms with Gasteiger partial charge in [0.2, 0.25) is 0 Å². The summed E-state index contributed by atoms with van der Waals surface area (Å²) in [7, 11) is 0. The number of allylic oxidation sites excluding steroid dienone is 1. The Hall–Kier alpha value is -1.15. The van der Waals surface area contributed by atoms with E-state index in [2.05, 4.69) is 18.7 Å². The maximum absolute atomic E-state index is 14.2. The Balaban J connectivity index is 1.37. The molecule has 0 bridgehead atoms. The van der Waals surface area contributed by atoms with E-state index in [1.54, 1.807) is 6.07 Å². The second-order valence-corrected chi connectivity index (χ2v) is 9.37. The van der Waals surface area contributed by atoms with Crippen LogP contribution in [0, 0.1) is 23.6 Å². The molecule has 1 nitrogen and oxygen atoms in total. The summed E-state index contributed by atoms with van der Waals surface area (Å²) in [5, 5.41) is 9.01. The molecule has 0 unspecified atom stereocenters. The number of aliphatic hydroxyl groups is 1. The molecule has 1 aromatic rings. The molecule has 0 atom stereocenters. The molecule has 0 saturated heterocycles. The van der Waals surface area contributed by atoms with Crippen molar-refractivity contribution in [2.75, 3.05) is 6.61 Å². The first-order valence-electron chi connectivity index (χ1n) is 11.7. The molecule has 2 aliphatic rings. The molecular formula is C26H39FO. The van der Waals surface area contributed by atoms with Crippen molar-refractivity contribution in [1.29, 1.82) is 0 Å². The molecule has 1 N–H and O–H groups in total. The maximum atomic E-state index is 14.2. The van der Waals surface area contributed by atoms with Gasteiger partial charge >= 0.3 is 0 Å². The molecule has 1 aromatic carbocycles. The zero-order valence-corrected chi connectivity index (χ0v) is 17.6. The van der Waals surface area contributed by atoms with Crippen LogP contribution in [0.2, 0.25) is 0 Å². The standard InChI is InChI=1S/C26H39FO/c1-2-3-4-20-5-7-21(8-6-20)9-10-22-11-13-23(14-12-22)25-16-15-24(17-18-28)26(27)19-25/h2,15-16,19-23,28H,1,3-14,17-18H2. The minimum atomic E-state index is -0.141. The Labute approximate surface area is 171 Å². The highest BCUT2D eigenvalue weighted by Gasteiger charge is 2.25. The maximum Gasteiger partial charge on any atom is 0.126 e. The summed E-state index contributed by atoms with van der Waals surface area (Å²) in [6.07, 6.45) is 18.6. The number of halogens is 1. The molecule has 0 aromatic heterocycles. The first kappa shape index (κ1) is 21.6. The monoisotopic (exact) mass is 386 g/mol. The van der Waals surface area contributed by atoms with Crippen LogP contribution in [-0.2, 0) is 6.42 Å². The first-order chi connectivity index (χ1) is 13.7. The highest BCUT2D eigenvalue weighted by atomic mass is 19.1. The highest BCUT2D eigenvalue weighted by Crippen LogP contribution is 2.40. The highest BCUT2D eigenvalue weighted by molar-refractivity contribution is 5.27. The van der Waals surface area contributed by atoms with E-state index in [9.17, 15) is 4.39 Å². The van der Waals surface area contributed by atoms with Crippen molar-refractivity contribution >= 4 is 0 Å².